The van der Waals surface area contributed by atoms with Gasteiger partial charge in [0, 0.05) is 30.8 Å². The predicted octanol–water partition coefficient (Wildman–Crippen LogP) is 3.17. The summed E-state index contributed by atoms with van der Waals surface area (Å²) in [6.45, 7) is 3.84. The maximum Gasteiger partial charge on any atom is 0.249 e. The number of nitrogens with zero attached hydrogens (tertiary/aromatic N) is 5. The van der Waals surface area contributed by atoms with E-state index < -0.39 is 0 Å². The number of aryl methyl sites for hydroxylation is 1. The molecular weight excluding hydrogens is 302 g/mol. The summed E-state index contributed by atoms with van der Waals surface area (Å²) in [5.41, 5.74) is 3.03. The van der Waals surface area contributed by atoms with Gasteiger partial charge in [0.2, 0.25) is 11.8 Å². The fourth-order valence-electron chi connectivity index (χ4n) is 3.10. The first-order valence-electron chi connectivity index (χ1n) is 8.19. The highest BCUT2D eigenvalue weighted by Crippen LogP contribution is 2.33. The number of likely N-dealkylation sites (tertiary alicyclic amines) is 1. The lowest BCUT2D eigenvalue weighted by atomic mass is 10.2. The maximum absolute atomic E-state index is 5.94. The monoisotopic (exact) mass is 321 g/mol. The number of aromatic nitrogens is 4. The summed E-state index contributed by atoms with van der Waals surface area (Å²) in [6.07, 6.45) is 7.65. The van der Waals surface area contributed by atoms with Gasteiger partial charge < -0.3 is 4.42 Å². The molecule has 3 aromatic rings. The Labute approximate surface area is 140 Å². The third-order valence-electron chi connectivity index (χ3n) is 4.36. The van der Waals surface area contributed by atoms with Crippen molar-refractivity contribution in [1.29, 1.82) is 0 Å². The van der Waals surface area contributed by atoms with E-state index in [-0.39, 0.29) is 6.04 Å². The fraction of sp³-hybridized carbons (Fsp3) is 0.333. The minimum Gasteiger partial charge on any atom is -0.419 e. The van der Waals surface area contributed by atoms with E-state index in [1.54, 1.807) is 12.4 Å². The molecule has 24 heavy (non-hydrogen) atoms. The van der Waals surface area contributed by atoms with E-state index in [0.717, 1.165) is 37.2 Å². The van der Waals surface area contributed by atoms with Crippen molar-refractivity contribution in [3.63, 3.8) is 0 Å². The molecule has 0 amide bonds. The van der Waals surface area contributed by atoms with E-state index in [1.165, 1.54) is 5.56 Å². The van der Waals surface area contributed by atoms with Gasteiger partial charge in [-0.3, -0.25) is 14.9 Å². The van der Waals surface area contributed by atoms with Gasteiger partial charge in [-0.05, 0) is 50.1 Å². The second-order valence-corrected chi connectivity index (χ2v) is 6.12. The Balaban J connectivity index is 1.53. The van der Waals surface area contributed by atoms with Crippen molar-refractivity contribution in [2.75, 3.05) is 6.54 Å². The van der Waals surface area contributed by atoms with Crippen molar-refractivity contribution in [2.45, 2.75) is 32.4 Å². The average molecular weight is 321 g/mol. The summed E-state index contributed by atoms with van der Waals surface area (Å²) in [5, 5.41) is 8.49. The van der Waals surface area contributed by atoms with Crippen LogP contribution < -0.4 is 0 Å². The molecule has 6 nitrogen and oxygen atoms in total. The Bertz CT molecular complexity index is 800. The SMILES string of the molecule is Cc1ccc(-c2nnc([C@H]3CCCN3Cc3cccnc3)o2)cn1. The van der Waals surface area contributed by atoms with E-state index in [1.807, 2.05) is 31.3 Å². The van der Waals surface area contributed by atoms with Crippen LogP contribution in [0.5, 0.6) is 0 Å². The highest BCUT2D eigenvalue weighted by atomic mass is 16.4. The number of pyridine rings is 2. The second kappa shape index (κ2) is 6.49. The molecule has 4 rings (SSSR count). The number of rotatable bonds is 4. The molecule has 0 aliphatic carbocycles. The second-order valence-electron chi connectivity index (χ2n) is 6.12. The van der Waals surface area contributed by atoms with Crippen LogP contribution in [-0.4, -0.2) is 31.6 Å². The Morgan fingerprint density at radius 2 is 2.17 bits per heavy atom. The molecule has 0 bridgehead atoms. The molecule has 0 radical (unpaired) electrons. The maximum atomic E-state index is 5.94. The summed E-state index contributed by atoms with van der Waals surface area (Å²) in [4.78, 5) is 10.9. The van der Waals surface area contributed by atoms with Gasteiger partial charge in [0.1, 0.15) is 0 Å². The predicted molar refractivity (Wildman–Crippen MR) is 88.9 cm³/mol. The molecule has 1 fully saturated rings. The standard InChI is InChI=1S/C18H19N5O/c1-13-6-7-15(11-20-13)17-21-22-18(24-17)16-5-3-9-23(16)12-14-4-2-8-19-10-14/h2,4,6-8,10-11,16H,3,5,9,12H2,1H3/t16-/m1/s1. The van der Waals surface area contributed by atoms with Crippen LogP contribution in [0.3, 0.4) is 0 Å². The molecule has 0 aromatic carbocycles. The minimum absolute atomic E-state index is 0.171. The molecule has 0 unspecified atom stereocenters. The van der Waals surface area contributed by atoms with Crippen molar-refractivity contribution >= 4 is 0 Å². The first kappa shape index (κ1) is 15.0. The lowest BCUT2D eigenvalue weighted by molar-refractivity contribution is 0.215. The van der Waals surface area contributed by atoms with Gasteiger partial charge in [-0.25, -0.2) is 0 Å². The van der Waals surface area contributed by atoms with Gasteiger partial charge in [0.05, 0.1) is 11.6 Å². The van der Waals surface area contributed by atoms with Crippen molar-refractivity contribution in [3.8, 4) is 11.5 Å². The number of hydrogen-bond donors (Lipinski definition) is 0. The third kappa shape index (κ3) is 3.05. The molecule has 6 heteroatoms. The Hall–Kier alpha value is -2.60. The van der Waals surface area contributed by atoms with Gasteiger partial charge in [0.25, 0.3) is 0 Å². The van der Waals surface area contributed by atoms with Gasteiger partial charge in [-0.15, -0.1) is 10.2 Å². The molecule has 122 valence electrons. The van der Waals surface area contributed by atoms with Gasteiger partial charge in [-0.2, -0.15) is 0 Å². The van der Waals surface area contributed by atoms with E-state index in [9.17, 15) is 0 Å². The summed E-state index contributed by atoms with van der Waals surface area (Å²) in [6, 6.07) is 8.14. The molecule has 4 heterocycles. The zero-order valence-corrected chi connectivity index (χ0v) is 13.6. The zero-order valence-electron chi connectivity index (χ0n) is 13.6. The van der Waals surface area contributed by atoms with Crippen LogP contribution in [0, 0.1) is 6.92 Å². The zero-order chi connectivity index (χ0) is 16.4. The molecule has 0 spiro atoms. The lowest BCUT2D eigenvalue weighted by Crippen LogP contribution is -2.23. The highest BCUT2D eigenvalue weighted by Gasteiger charge is 2.30. The molecule has 1 atom stereocenters. The van der Waals surface area contributed by atoms with Crippen LogP contribution in [0.15, 0.2) is 47.3 Å². The fourth-order valence-corrected chi connectivity index (χ4v) is 3.10. The van der Waals surface area contributed by atoms with Crippen LogP contribution >= 0.6 is 0 Å². The Morgan fingerprint density at radius 1 is 1.21 bits per heavy atom. The van der Waals surface area contributed by atoms with Crippen LogP contribution in [0.2, 0.25) is 0 Å². The molecule has 1 aliphatic rings. The van der Waals surface area contributed by atoms with Crippen LogP contribution in [0.25, 0.3) is 11.5 Å². The normalized spacial score (nSPS) is 18.1. The summed E-state index contributed by atoms with van der Waals surface area (Å²) >= 11 is 0. The quantitative estimate of drug-likeness (QED) is 0.735. The molecule has 1 saturated heterocycles. The van der Waals surface area contributed by atoms with Gasteiger partial charge in [-0.1, -0.05) is 6.07 Å². The smallest absolute Gasteiger partial charge is 0.249 e. The van der Waals surface area contributed by atoms with Crippen LogP contribution in [0.4, 0.5) is 0 Å². The summed E-state index contributed by atoms with van der Waals surface area (Å²) in [7, 11) is 0. The van der Waals surface area contributed by atoms with E-state index in [4.69, 9.17) is 4.42 Å². The molecule has 1 aliphatic heterocycles. The first-order chi connectivity index (χ1) is 11.8. The van der Waals surface area contributed by atoms with Gasteiger partial charge >= 0.3 is 0 Å². The molecule has 0 N–H and O–H groups in total. The lowest BCUT2D eigenvalue weighted by Gasteiger charge is -2.21. The van der Waals surface area contributed by atoms with Crippen molar-refractivity contribution in [2.24, 2.45) is 0 Å². The molecule has 0 saturated carbocycles. The van der Waals surface area contributed by atoms with Crippen molar-refractivity contribution < 1.29 is 4.42 Å². The molecule has 3 aromatic heterocycles. The van der Waals surface area contributed by atoms with E-state index >= 15 is 0 Å². The Kier molecular flexibility index (Phi) is 4.04. The van der Waals surface area contributed by atoms with Crippen LogP contribution in [-0.2, 0) is 6.54 Å². The summed E-state index contributed by atoms with van der Waals surface area (Å²) < 4.78 is 5.94. The van der Waals surface area contributed by atoms with Crippen LogP contribution in [0.1, 0.15) is 36.0 Å². The first-order valence-corrected chi connectivity index (χ1v) is 8.19. The highest BCUT2D eigenvalue weighted by molar-refractivity contribution is 5.50. The topological polar surface area (TPSA) is 67.9 Å². The van der Waals surface area contributed by atoms with Crippen molar-refractivity contribution in [3.05, 3.63) is 60.0 Å². The minimum atomic E-state index is 0.171. The van der Waals surface area contributed by atoms with Crippen molar-refractivity contribution in [1.82, 2.24) is 25.1 Å². The van der Waals surface area contributed by atoms with Gasteiger partial charge in [0.15, 0.2) is 0 Å². The largest absolute Gasteiger partial charge is 0.419 e. The van der Waals surface area contributed by atoms with E-state index in [0.29, 0.717) is 11.8 Å². The third-order valence-corrected chi connectivity index (χ3v) is 4.36. The van der Waals surface area contributed by atoms with E-state index in [2.05, 4.69) is 31.1 Å². The molecular formula is C18H19N5O. The number of hydrogen-bond acceptors (Lipinski definition) is 6. The summed E-state index contributed by atoms with van der Waals surface area (Å²) in [5.74, 6) is 1.22. The Morgan fingerprint density at radius 3 is 2.96 bits per heavy atom. The average Bonchev–Trinajstić information content (AvgIpc) is 3.25.